The Balaban J connectivity index is 1.31. The fourth-order valence-electron chi connectivity index (χ4n) is 7.72. The number of para-hydroxylation sites is 4. The average Bonchev–Trinajstić information content (AvgIpc) is 3.47. The molecule has 0 aliphatic heterocycles. The van der Waals surface area contributed by atoms with Crippen LogP contribution in [0.4, 0.5) is 22.7 Å². The van der Waals surface area contributed by atoms with E-state index in [0.29, 0.717) is 11.1 Å². The third-order valence-corrected chi connectivity index (χ3v) is 11.0. The van der Waals surface area contributed by atoms with Crippen LogP contribution in [0.15, 0.2) is 121 Å². The van der Waals surface area contributed by atoms with E-state index in [4.69, 9.17) is 4.98 Å². The molecule has 0 unspecified atom stereocenters. The van der Waals surface area contributed by atoms with Gasteiger partial charge in [-0.05, 0) is 98.5 Å². The van der Waals surface area contributed by atoms with Crippen LogP contribution in [0.25, 0.3) is 27.6 Å². The van der Waals surface area contributed by atoms with Crippen molar-refractivity contribution in [3.63, 3.8) is 0 Å². The Labute approximate surface area is 339 Å². The Hall–Kier alpha value is -5.68. The first-order chi connectivity index (χ1) is 26.7. The number of carbonyl (C=O) groups excluding carboxylic acids is 1. The largest absolute Gasteiger partial charge is 0.354 e. The number of nitrogens with zero attached hydrogens (tertiary/aromatic N) is 2. The monoisotopic (exact) mass is 754 g/mol. The van der Waals surface area contributed by atoms with E-state index in [9.17, 15) is 4.79 Å². The Kier molecular flexibility index (Phi) is 9.96. The van der Waals surface area contributed by atoms with Gasteiger partial charge in [0, 0.05) is 39.5 Å². The van der Waals surface area contributed by atoms with Crippen molar-refractivity contribution in [2.24, 2.45) is 0 Å². The van der Waals surface area contributed by atoms with E-state index in [1.165, 1.54) is 16.7 Å². The number of anilines is 4. The van der Waals surface area contributed by atoms with Crippen LogP contribution in [0.3, 0.4) is 0 Å². The van der Waals surface area contributed by atoms with E-state index in [-0.39, 0.29) is 27.4 Å². The molecule has 7 aromatic rings. The van der Waals surface area contributed by atoms with Gasteiger partial charge >= 0.3 is 0 Å². The summed E-state index contributed by atoms with van der Waals surface area (Å²) in [7, 11) is 0. The van der Waals surface area contributed by atoms with E-state index in [2.05, 4.69) is 189 Å². The maximum atomic E-state index is 14.7. The average molecular weight is 755 g/mol. The van der Waals surface area contributed by atoms with Crippen molar-refractivity contribution in [2.45, 2.75) is 105 Å². The molecule has 2 N–H and O–H groups in total. The molecule has 7 rings (SSSR count). The summed E-state index contributed by atoms with van der Waals surface area (Å²) in [6.45, 7) is 26.8. The third-order valence-electron chi connectivity index (χ3n) is 11.0. The molecule has 0 saturated carbocycles. The Bertz CT molecular complexity index is 2600. The normalized spacial score (nSPS) is 12.6. The van der Waals surface area contributed by atoms with Crippen LogP contribution in [0.2, 0.25) is 0 Å². The topological polar surface area (TPSA) is 58.9 Å². The van der Waals surface area contributed by atoms with Crippen LogP contribution in [0, 0.1) is 0 Å². The van der Waals surface area contributed by atoms with Gasteiger partial charge in [0.1, 0.15) is 5.82 Å². The van der Waals surface area contributed by atoms with Crippen LogP contribution in [-0.2, 0) is 21.7 Å². The molecule has 5 nitrogen and oxygen atoms in total. The Morgan fingerprint density at radius 2 is 1.11 bits per heavy atom. The first-order valence-electron chi connectivity index (χ1n) is 20.2. The summed E-state index contributed by atoms with van der Waals surface area (Å²) in [5, 5.41) is 9.82. The maximum Gasteiger partial charge on any atom is 0.193 e. The van der Waals surface area contributed by atoms with Gasteiger partial charge in [0.15, 0.2) is 5.78 Å². The zero-order valence-corrected chi connectivity index (χ0v) is 35.8. The van der Waals surface area contributed by atoms with Gasteiger partial charge < -0.3 is 10.6 Å². The third kappa shape index (κ3) is 7.98. The highest BCUT2D eigenvalue weighted by Crippen LogP contribution is 2.41. The van der Waals surface area contributed by atoms with Crippen molar-refractivity contribution in [1.82, 2.24) is 9.55 Å². The van der Waals surface area contributed by atoms with Crippen molar-refractivity contribution in [1.29, 1.82) is 0 Å². The number of rotatable bonds is 7. The summed E-state index contributed by atoms with van der Waals surface area (Å²) < 4.78 is 2.20. The predicted molar refractivity (Wildman–Crippen MR) is 243 cm³/mol. The van der Waals surface area contributed by atoms with Gasteiger partial charge in [-0.25, -0.2) is 4.98 Å². The number of benzene rings is 5. The molecule has 0 radical (unpaired) electrons. The lowest BCUT2D eigenvalue weighted by molar-refractivity contribution is 0.103. The molecule has 0 bridgehead atoms. The fraction of sp³-hybridized carbons (Fsp3) is 0.308. The van der Waals surface area contributed by atoms with Crippen molar-refractivity contribution < 1.29 is 4.79 Å². The summed E-state index contributed by atoms with van der Waals surface area (Å²) in [5.41, 5.74) is 11.6. The van der Waals surface area contributed by atoms with Crippen LogP contribution in [0.5, 0.6) is 0 Å². The molecule has 292 valence electrons. The van der Waals surface area contributed by atoms with E-state index < -0.39 is 0 Å². The second kappa shape index (κ2) is 14.4. The number of ketones is 1. The van der Waals surface area contributed by atoms with E-state index in [0.717, 1.165) is 55.9 Å². The highest BCUT2D eigenvalue weighted by Gasteiger charge is 2.27. The van der Waals surface area contributed by atoms with Crippen LogP contribution in [-0.4, -0.2) is 15.3 Å². The number of carbonyl (C=O) groups is 1. The first kappa shape index (κ1) is 39.6. The first-order valence-corrected chi connectivity index (χ1v) is 20.2. The molecule has 0 spiro atoms. The molecule has 0 atom stereocenters. The Morgan fingerprint density at radius 3 is 1.74 bits per heavy atom. The molecule has 2 aromatic heterocycles. The van der Waals surface area contributed by atoms with Crippen molar-refractivity contribution >= 4 is 50.3 Å². The smallest absolute Gasteiger partial charge is 0.193 e. The minimum Gasteiger partial charge on any atom is -0.354 e. The molecule has 0 saturated heterocycles. The van der Waals surface area contributed by atoms with Crippen LogP contribution < -0.4 is 10.6 Å². The molecule has 0 aliphatic rings. The minimum atomic E-state index is -0.197. The molecule has 0 fully saturated rings. The van der Waals surface area contributed by atoms with Gasteiger partial charge in [-0.3, -0.25) is 9.36 Å². The van der Waals surface area contributed by atoms with E-state index in [1.807, 2.05) is 30.5 Å². The molecule has 0 amide bonds. The molecular weight excluding hydrogens is 697 g/mol. The number of pyridine rings is 1. The minimum absolute atomic E-state index is 0.0282. The van der Waals surface area contributed by atoms with Gasteiger partial charge in [-0.2, -0.15) is 0 Å². The number of aromatic nitrogens is 2. The number of fused-ring (bicyclic) bond motifs is 3. The molecule has 5 aromatic carbocycles. The van der Waals surface area contributed by atoms with Gasteiger partial charge in [0.25, 0.3) is 0 Å². The summed E-state index contributed by atoms with van der Waals surface area (Å²) >= 11 is 0. The lowest BCUT2D eigenvalue weighted by Gasteiger charge is -2.31. The predicted octanol–water partition coefficient (Wildman–Crippen LogP) is 14.1. The molecule has 5 heteroatoms. The summed E-state index contributed by atoms with van der Waals surface area (Å²) in [5.74, 6) is 0.811. The highest BCUT2D eigenvalue weighted by atomic mass is 16.1. The van der Waals surface area contributed by atoms with E-state index >= 15 is 0 Å². The zero-order valence-electron chi connectivity index (χ0n) is 35.8. The van der Waals surface area contributed by atoms with Crippen molar-refractivity contribution in [3.05, 3.63) is 155 Å². The quantitative estimate of drug-likeness (QED) is 0.159. The zero-order chi connectivity index (χ0) is 41.1. The number of nitrogens with one attached hydrogen (secondary N) is 2. The number of hydrogen-bond donors (Lipinski definition) is 2. The SMILES string of the molecule is CC(C)(C)c1cc(Nc2ccccc2Nc2c(C(C)(C)C)cccc2C(C)(C)C)cc(C(=O)c2ccc3c4ccccc4n(-c4cc(C(C)(C)C)ccn4)c3c2)c1. The molecular formula is C52H58N4O. The summed E-state index contributed by atoms with van der Waals surface area (Å²) in [6.07, 6.45) is 1.89. The lowest BCUT2D eigenvalue weighted by Crippen LogP contribution is -2.20. The second-order valence-electron chi connectivity index (χ2n) is 19.6. The summed E-state index contributed by atoms with van der Waals surface area (Å²) in [4.78, 5) is 19.6. The summed E-state index contributed by atoms with van der Waals surface area (Å²) in [6, 6.07) is 39.9. The number of hydrogen-bond acceptors (Lipinski definition) is 4. The van der Waals surface area contributed by atoms with Crippen LogP contribution in [0.1, 0.15) is 121 Å². The fourth-order valence-corrected chi connectivity index (χ4v) is 7.72. The molecule has 2 heterocycles. The molecule has 0 aliphatic carbocycles. The van der Waals surface area contributed by atoms with Crippen molar-refractivity contribution in [2.75, 3.05) is 10.6 Å². The standard InChI is InChI=1S/C52H58N4O/c1-49(2,3)35-26-27-53-46(32-35)56-44-23-16-13-18-38(44)39-25-24-33(30-45(39)56)48(57)34-28-36(50(4,5)6)31-37(29-34)54-42-21-14-15-22-43(42)55-47-40(51(7,8)9)19-17-20-41(47)52(10,11)12/h13-32,54-55H,1-12H3. The Morgan fingerprint density at radius 1 is 0.509 bits per heavy atom. The van der Waals surface area contributed by atoms with Gasteiger partial charge in [0.05, 0.1) is 22.4 Å². The van der Waals surface area contributed by atoms with Gasteiger partial charge in [-0.1, -0.05) is 144 Å². The second-order valence-corrected chi connectivity index (χ2v) is 19.6. The van der Waals surface area contributed by atoms with E-state index in [1.54, 1.807) is 0 Å². The van der Waals surface area contributed by atoms with Crippen molar-refractivity contribution in [3.8, 4) is 5.82 Å². The lowest BCUT2D eigenvalue weighted by atomic mass is 9.78. The highest BCUT2D eigenvalue weighted by molar-refractivity contribution is 6.15. The molecule has 57 heavy (non-hydrogen) atoms. The maximum absolute atomic E-state index is 14.7. The van der Waals surface area contributed by atoms with Crippen LogP contribution >= 0.6 is 0 Å². The van der Waals surface area contributed by atoms with Gasteiger partial charge in [0.2, 0.25) is 0 Å². The van der Waals surface area contributed by atoms with Gasteiger partial charge in [-0.15, -0.1) is 0 Å².